The number of anilines is 4. The Balaban J connectivity index is 1.70. The Hall–Kier alpha value is -3.98. The van der Waals surface area contributed by atoms with Crippen LogP contribution in [0.5, 0.6) is 0 Å². The summed E-state index contributed by atoms with van der Waals surface area (Å²) in [6.45, 7) is 4.71. The molecule has 3 aromatic rings. The van der Waals surface area contributed by atoms with E-state index in [1.165, 1.54) is 0 Å². The van der Waals surface area contributed by atoms with Gasteiger partial charge in [0.05, 0.1) is 6.04 Å². The first-order valence-electron chi connectivity index (χ1n) is 11.7. The van der Waals surface area contributed by atoms with Gasteiger partial charge in [0.25, 0.3) is 0 Å². The van der Waals surface area contributed by atoms with Crippen molar-refractivity contribution < 1.29 is 9.59 Å². The van der Waals surface area contributed by atoms with Crippen LogP contribution >= 0.6 is 0 Å². The summed E-state index contributed by atoms with van der Waals surface area (Å²) in [6.07, 6.45) is 4.31. The third-order valence-corrected chi connectivity index (χ3v) is 5.54. The maximum Gasteiger partial charge on any atom is 0.248 e. The summed E-state index contributed by atoms with van der Waals surface area (Å²) in [7, 11) is 1.76. The number of nitrogens with two attached hydrogens (primary N) is 1. The van der Waals surface area contributed by atoms with Crippen molar-refractivity contribution in [3.63, 3.8) is 0 Å². The Bertz CT molecular complexity index is 1150. The predicted octanol–water partition coefficient (Wildman–Crippen LogP) is 3.47. The first kappa shape index (κ1) is 25.6. The van der Waals surface area contributed by atoms with E-state index >= 15 is 0 Å². The minimum atomic E-state index is -0.469. The van der Waals surface area contributed by atoms with Crippen LogP contribution in [0.15, 0.2) is 54.7 Å². The highest BCUT2D eigenvalue weighted by Crippen LogP contribution is 2.21. The summed E-state index contributed by atoms with van der Waals surface area (Å²) < 4.78 is 0. The highest BCUT2D eigenvalue weighted by molar-refractivity contribution is 5.94. The van der Waals surface area contributed by atoms with E-state index in [1.54, 1.807) is 31.3 Å². The van der Waals surface area contributed by atoms with E-state index in [-0.39, 0.29) is 11.9 Å². The minimum Gasteiger partial charge on any atom is -0.370 e. The molecule has 184 valence electrons. The number of hydrogen-bond donors (Lipinski definition) is 5. The summed E-state index contributed by atoms with van der Waals surface area (Å²) in [6, 6.07) is 14.4. The number of likely N-dealkylation sites (N-methyl/N-ethyl adjacent to an activating group) is 1. The molecule has 1 aromatic heterocycles. The molecule has 1 heterocycles. The van der Waals surface area contributed by atoms with Crippen LogP contribution in [-0.4, -0.2) is 41.4 Å². The zero-order valence-corrected chi connectivity index (χ0v) is 20.4. The van der Waals surface area contributed by atoms with E-state index in [1.807, 2.05) is 37.4 Å². The fourth-order valence-corrected chi connectivity index (χ4v) is 3.36. The van der Waals surface area contributed by atoms with Crippen LogP contribution in [-0.2, 0) is 17.6 Å². The van der Waals surface area contributed by atoms with Gasteiger partial charge in [0.2, 0.25) is 17.8 Å². The second kappa shape index (κ2) is 12.5. The van der Waals surface area contributed by atoms with Crippen LogP contribution in [0.4, 0.5) is 23.1 Å². The molecule has 1 atom stereocenters. The number of primary amides is 1. The number of benzene rings is 2. The Kier molecular flexibility index (Phi) is 9.14. The maximum atomic E-state index is 12.2. The second-order valence-corrected chi connectivity index (χ2v) is 8.26. The Labute approximate surface area is 205 Å². The molecular formula is C26H33N7O2. The lowest BCUT2D eigenvalue weighted by Gasteiger charge is -2.14. The van der Waals surface area contributed by atoms with Gasteiger partial charge in [0.15, 0.2) is 0 Å². The molecule has 2 amide bonds. The van der Waals surface area contributed by atoms with Crippen LogP contribution in [0.1, 0.15) is 41.8 Å². The molecule has 0 saturated carbocycles. The first-order chi connectivity index (χ1) is 16.9. The quantitative estimate of drug-likeness (QED) is 0.271. The standard InChI is InChI=1S/C26H33N7O2/c1-4-14-29-24-20(9-8-18-6-5-7-22(15-18)31-25(35)17(2)28-3)16-30-26(33-24)32-21-12-10-19(11-13-21)23(27)34/h5-7,10-13,15-17,28H,4,8-9,14H2,1-3H3,(H2,27,34)(H,31,35)(H2,29,30,32,33). The molecule has 0 saturated heterocycles. The van der Waals surface area contributed by atoms with Crippen molar-refractivity contribution in [1.82, 2.24) is 15.3 Å². The van der Waals surface area contributed by atoms with Gasteiger partial charge in [-0.2, -0.15) is 4.98 Å². The monoisotopic (exact) mass is 475 g/mol. The van der Waals surface area contributed by atoms with E-state index in [2.05, 4.69) is 38.2 Å². The van der Waals surface area contributed by atoms with E-state index in [0.717, 1.165) is 54.1 Å². The lowest BCUT2D eigenvalue weighted by atomic mass is 10.1. The summed E-state index contributed by atoms with van der Waals surface area (Å²) in [5, 5.41) is 12.4. The van der Waals surface area contributed by atoms with Gasteiger partial charge in [-0.1, -0.05) is 19.1 Å². The first-order valence-corrected chi connectivity index (χ1v) is 11.7. The smallest absolute Gasteiger partial charge is 0.248 e. The van der Waals surface area contributed by atoms with Crippen molar-refractivity contribution in [1.29, 1.82) is 0 Å². The minimum absolute atomic E-state index is 0.0727. The van der Waals surface area contributed by atoms with Gasteiger partial charge in [-0.05, 0) is 75.2 Å². The normalized spacial score (nSPS) is 11.5. The van der Waals surface area contributed by atoms with Crippen molar-refractivity contribution in [3.05, 3.63) is 71.4 Å². The van der Waals surface area contributed by atoms with Crippen LogP contribution in [0.3, 0.4) is 0 Å². The molecule has 0 radical (unpaired) electrons. The number of carbonyl (C=O) groups is 2. The largest absolute Gasteiger partial charge is 0.370 e. The van der Waals surface area contributed by atoms with Gasteiger partial charge in [0.1, 0.15) is 5.82 Å². The molecule has 9 nitrogen and oxygen atoms in total. The van der Waals surface area contributed by atoms with Crippen LogP contribution in [0, 0.1) is 0 Å². The number of amides is 2. The molecule has 0 spiro atoms. The zero-order chi connectivity index (χ0) is 25.2. The molecule has 0 fully saturated rings. The number of aromatic nitrogens is 2. The Morgan fingerprint density at radius 2 is 1.83 bits per heavy atom. The summed E-state index contributed by atoms with van der Waals surface area (Å²) in [5.74, 6) is 0.702. The summed E-state index contributed by atoms with van der Waals surface area (Å²) in [4.78, 5) is 32.6. The third kappa shape index (κ3) is 7.51. The fraction of sp³-hybridized carbons (Fsp3) is 0.308. The molecule has 2 aromatic carbocycles. The number of aryl methyl sites for hydroxylation is 2. The number of hydrogen-bond acceptors (Lipinski definition) is 7. The molecular weight excluding hydrogens is 442 g/mol. The van der Waals surface area contributed by atoms with Gasteiger partial charge in [-0.3, -0.25) is 9.59 Å². The zero-order valence-electron chi connectivity index (χ0n) is 20.4. The van der Waals surface area contributed by atoms with Crippen LogP contribution in [0.2, 0.25) is 0 Å². The van der Waals surface area contributed by atoms with Crippen LogP contribution in [0.25, 0.3) is 0 Å². The molecule has 0 bridgehead atoms. The Morgan fingerprint density at radius 1 is 1.06 bits per heavy atom. The highest BCUT2D eigenvalue weighted by Gasteiger charge is 2.11. The predicted molar refractivity (Wildman–Crippen MR) is 140 cm³/mol. The maximum absolute atomic E-state index is 12.2. The van der Waals surface area contributed by atoms with Crippen molar-refractivity contribution in [3.8, 4) is 0 Å². The third-order valence-electron chi connectivity index (χ3n) is 5.54. The molecule has 9 heteroatoms. The highest BCUT2D eigenvalue weighted by atomic mass is 16.2. The molecule has 0 aliphatic heterocycles. The molecule has 35 heavy (non-hydrogen) atoms. The van der Waals surface area contributed by atoms with Crippen molar-refractivity contribution in [2.75, 3.05) is 29.5 Å². The van der Waals surface area contributed by atoms with Crippen molar-refractivity contribution >= 4 is 35.0 Å². The second-order valence-electron chi connectivity index (χ2n) is 8.26. The van der Waals surface area contributed by atoms with Gasteiger partial charge < -0.3 is 27.0 Å². The van der Waals surface area contributed by atoms with E-state index in [0.29, 0.717) is 11.5 Å². The number of rotatable bonds is 12. The van der Waals surface area contributed by atoms with Gasteiger partial charge in [-0.15, -0.1) is 0 Å². The lowest BCUT2D eigenvalue weighted by molar-refractivity contribution is -0.117. The molecule has 0 aliphatic rings. The van der Waals surface area contributed by atoms with Crippen LogP contribution < -0.4 is 27.0 Å². The average molecular weight is 476 g/mol. The van der Waals surface area contributed by atoms with E-state index in [4.69, 9.17) is 5.73 Å². The molecule has 6 N–H and O–H groups in total. The van der Waals surface area contributed by atoms with Gasteiger partial charge in [-0.25, -0.2) is 4.98 Å². The summed E-state index contributed by atoms with van der Waals surface area (Å²) in [5.41, 5.74) is 9.40. The fourth-order valence-electron chi connectivity index (χ4n) is 3.36. The average Bonchev–Trinajstić information content (AvgIpc) is 2.86. The molecule has 3 rings (SSSR count). The number of carbonyl (C=O) groups excluding carboxylic acids is 2. The molecule has 0 aliphatic carbocycles. The van der Waals surface area contributed by atoms with Gasteiger partial charge >= 0.3 is 0 Å². The SMILES string of the molecule is CCCNc1nc(Nc2ccc(C(N)=O)cc2)ncc1CCc1cccc(NC(=O)C(C)NC)c1. The van der Waals surface area contributed by atoms with Crippen molar-refractivity contribution in [2.24, 2.45) is 5.73 Å². The lowest BCUT2D eigenvalue weighted by Crippen LogP contribution is -2.35. The number of nitrogens with one attached hydrogen (secondary N) is 4. The molecule has 1 unspecified atom stereocenters. The van der Waals surface area contributed by atoms with E-state index in [9.17, 15) is 9.59 Å². The summed E-state index contributed by atoms with van der Waals surface area (Å²) >= 11 is 0. The van der Waals surface area contributed by atoms with E-state index < -0.39 is 5.91 Å². The Morgan fingerprint density at radius 3 is 2.51 bits per heavy atom. The number of nitrogens with zero attached hydrogens (tertiary/aromatic N) is 2. The van der Waals surface area contributed by atoms with Crippen molar-refractivity contribution in [2.45, 2.75) is 39.2 Å². The van der Waals surface area contributed by atoms with Gasteiger partial charge in [0, 0.05) is 35.2 Å². The topological polar surface area (TPSA) is 134 Å².